The standard InChI is InChI=1S/C17H15NO5S/c1-21-17(20)14-10-3-2-4-13(10)24-16(14)18-15(19)9-5-6-11-12(7-9)23-8-22-11/h5-7H,2-4,8H2,1H3,(H,18,19). The molecule has 0 bridgehead atoms. The number of aryl methyl sites for hydroxylation is 1. The molecule has 0 radical (unpaired) electrons. The lowest BCUT2D eigenvalue weighted by Crippen LogP contribution is -2.14. The van der Waals surface area contributed by atoms with Gasteiger partial charge in [-0.25, -0.2) is 4.79 Å². The third-order valence-electron chi connectivity index (χ3n) is 4.17. The Labute approximate surface area is 142 Å². The van der Waals surface area contributed by atoms with E-state index in [2.05, 4.69) is 5.32 Å². The van der Waals surface area contributed by atoms with Crippen molar-refractivity contribution < 1.29 is 23.8 Å². The Balaban J connectivity index is 1.63. The van der Waals surface area contributed by atoms with Crippen molar-refractivity contribution in [2.75, 3.05) is 19.2 Å². The van der Waals surface area contributed by atoms with E-state index in [1.807, 2.05) is 0 Å². The maximum absolute atomic E-state index is 12.6. The fourth-order valence-electron chi connectivity index (χ4n) is 3.02. The minimum absolute atomic E-state index is 0.157. The van der Waals surface area contributed by atoms with Gasteiger partial charge >= 0.3 is 5.97 Å². The summed E-state index contributed by atoms with van der Waals surface area (Å²) in [5.41, 5.74) is 1.94. The summed E-state index contributed by atoms with van der Waals surface area (Å²) in [6.07, 6.45) is 2.81. The third-order valence-corrected chi connectivity index (χ3v) is 5.38. The summed E-state index contributed by atoms with van der Waals surface area (Å²) in [6.45, 7) is 0.157. The number of carbonyl (C=O) groups excluding carboxylic acids is 2. The maximum atomic E-state index is 12.6. The Morgan fingerprint density at radius 1 is 1.21 bits per heavy atom. The van der Waals surface area contributed by atoms with Crippen LogP contribution in [0.1, 0.15) is 37.6 Å². The zero-order valence-electron chi connectivity index (χ0n) is 13.0. The molecule has 1 N–H and O–H groups in total. The lowest BCUT2D eigenvalue weighted by Gasteiger charge is -2.07. The van der Waals surface area contributed by atoms with Crippen molar-refractivity contribution >= 4 is 28.2 Å². The molecular formula is C17H15NO5S. The minimum Gasteiger partial charge on any atom is -0.465 e. The van der Waals surface area contributed by atoms with Gasteiger partial charge in [-0.15, -0.1) is 11.3 Å². The number of fused-ring (bicyclic) bond motifs is 2. The number of methoxy groups -OCH3 is 1. The van der Waals surface area contributed by atoms with Gasteiger partial charge in [-0.2, -0.15) is 0 Å². The van der Waals surface area contributed by atoms with Crippen molar-refractivity contribution in [3.05, 3.63) is 39.8 Å². The summed E-state index contributed by atoms with van der Waals surface area (Å²) in [5.74, 6) is 0.468. The second-order valence-corrected chi connectivity index (χ2v) is 6.68. The highest BCUT2D eigenvalue weighted by Crippen LogP contribution is 2.40. The van der Waals surface area contributed by atoms with Gasteiger partial charge < -0.3 is 19.5 Å². The van der Waals surface area contributed by atoms with Crippen LogP contribution in [0.15, 0.2) is 18.2 Å². The maximum Gasteiger partial charge on any atom is 0.341 e. The molecule has 1 aromatic heterocycles. The van der Waals surface area contributed by atoms with Crippen molar-refractivity contribution in [3.63, 3.8) is 0 Å². The van der Waals surface area contributed by atoms with Crippen LogP contribution in [0.2, 0.25) is 0 Å². The fourth-order valence-corrected chi connectivity index (χ4v) is 4.30. The summed E-state index contributed by atoms with van der Waals surface area (Å²) in [6, 6.07) is 5.01. The first kappa shape index (κ1) is 15.0. The van der Waals surface area contributed by atoms with E-state index in [1.165, 1.54) is 18.4 Å². The minimum atomic E-state index is -0.407. The molecule has 0 fully saturated rings. The molecule has 2 aromatic rings. The number of nitrogens with one attached hydrogen (secondary N) is 1. The average molecular weight is 345 g/mol. The molecule has 2 heterocycles. The number of hydrogen-bond donors (Lipinski definition) is 1. The molecule has 1 aliphatic carbocycles. The highest BCUT2D eigenvalue weighted by molar-refractivity contribution is 7.17. The van der Waals surface area contributed by atoms with E-state index in [9.17, 15) is 9.59 Å². The van der Waals surface area contributed by atoms with E-state index < -0.39 is 5.97 Å². The first-order valence-corrected chi connectivity index (χ1v) is 8.43. The quantitative estimate of drug-likeness (QED) is 0.866. The zero-order chi connectivity index (χ0) is 16.7. The van der Waals surface area contributed by atoms with Crippen LogP contribution in [0.3, 0.4) is 0 Å². The van der Waals surface area contributed by atoms with Crippen molar-refractivity contribution in [3.8, 4) is 11.5 Å². The molecule has 0 unspecified atom stereocenters. The molecule has 7 heteroatoms. The van der Waals surface area contributed by atoms with Crippen LogP contribution in [0, 0.1) is 0 Å². The lowest BCUT2D eigenvalue weighted by atomic mass is 10.1. The number of ether oxygens (including phenoxy) is 3. The van der Waals surface area contributed by atoms with E-state index in [1.54, 1.807) is 18.2 Å². The lowest BCUT2D eigenvalue weighted by molar-refractivity contribution is 0.0601. The zero-order valence-corrected chi connectivity index (χ0v) is 13.8. The van der Waals surface area contributed by atoms with Crippen molar-refractivity contribution in [2.45, 2.75) is 19.3 Å². The van der Waals surface area contributed by atoms with E-state index in [-0.39, 0.29) is 12.7 Å². The Kier molecular flexibility index (Phi) is 3.65. The fraction of sp³-hybridized carbons (Fsp3) is 0.294. The van der Waals surface area contributed by atoms with Crippen LogP contribution in [0.25, 0.3) is 0 Å². The predicted octanol–water partition coefficient (Wildman–Crippen LogP) is 3.00. The first-order chi connectivity index (χ1) is 11.7. The van der Waals surface area contributed by atoms with Gasteiger partial charge in [0.2, 0.25) is 6.79 Å². The third kappa shape index (κ3) is 2.41. The van der Waals surface area contributed by atoms with Gasteiger partial charge in [-0.05, 0) is 43.0 Å². The van der Waals surface area contributed by atoms with Crippen LogP contribution in [0.4, 0.5) is 5.00 Å². The molecular weight excluding hydrogens is 330 g/mol. The molecule has 0 saturated carbocycles. The van der Waals surface area contributed by atoms with Crippen molar-refractivity contribution in [1.82, 2.24) is 0 Å². The molecule has 124 valence electrons. The largest absolute Gasteiger partial charge is 0.465 e. The topological polar surface area (TPSA) is 73.9 Å². The molecule has 1 aliphatic heterocycles. The monoisotopic (exact) mass is 345 g/mol. The van der Waals surface area contributed by atoms with E-state index in [4.69, 9.17) is 14.2 Å². The van der Waals surface area contributed by atoms with Crippen LogP contribution < -0.4 is 14.8 Å². The van der Waals surface area contributed by atoms with Crippen molar-refractivity contribution in [2.24, 2.45) is 0 Å². The first-order valence-electron chi connectivity index (χ1n) is 7.61. The molecule has 0 atom stereocenters. The van der Waals surface area contributed by atoms with Gasteiger partial charge in [0.15, 0.2) is 11.5 Å². The van der Waals surface area contributed by atoms with Crippen LogP contribution in [0.5, 0.6) is 11.5 Å². The molecule has 4 rings (SSSR count). The Morgan fingerprint density at radius 3 is 2.88 bits per heavy atom. The highest BCUT2D eigenvalue weighted by atomic mass is 32.1. The van der Waals surface area contributed by atoms with Gasteiger partial charge in [0.1, 0.15) is 5.00 Å². The summed E-state index contributed by atoms with van der Waals surface area (Å²) in [4.78, 5) is 25.8. The number of benzene rings is 1. The summed E-state index contributed by atoms with van der Waals surface area (Å²) in [7, 11) is 1.35. The predicted molar refractivity (Wildman–Crippen MR) is 88.2 cm³/mol. The Bertz CT molecular complexity index is 842. The summed E-state index contributed by atoms with van der Waals surface area (Å²) >= 11 is 1.45. The van der Waals surface area contributed by atoms with Crippen LogP contribution in [-0.2, 0) is 17.6 Å². The molecule has 2 aliphatic rings. The second-order valence-electron chi connectivity index (χ2n) is 5.58. The number of carbonyl (C=O) groups is 2. The van der Waals surface area contributed by atoms with Crippen LogP contribution in [-0.4, -0.2) is 25.8 Å². The number of amides is 1. The molecule has 0 saturated heterocycles. The smallest absolute Gasteiger partial charge is 0.341 e. The normalized spacial score (nSPS) is 14.4. The SMILES string of the molecule is COC(=O)c1c(NC(=O)c2ccc3c(c2)OCO3)sc2c1CCC2. The average Bonchev–Trinajstić information content (AvgIpc) is 3.28. The summed E-state index contributed by atoms with van der Waals surface area (Å²) < 4.78 is 15.4. The molecule has 1 amide bonds. The van der Waals surface area contributed by atoms with E-state index in [0.717, 1.165) is 29.7 Å². The molecule has 1 aromatic carbocycles. The Morgan fingerprint density at radius 2 is 2.04 bits per heavy atom. The second kappa shape index (κ2) is 5.83. The van der Waals surface area contributed by atoms with E-state index in [0.29, 0.717) is 27.6 Å². The number of anilines is 1. The molecule has 6 nitrogen and oxygen atoms in total. The highest BCUT2D eigenvalue weighted by Gasteiger charge is 2.28. The Hall–Kier alpha value is -2.54. The number of hydrogen-bond acceptors (Lipinski definition) is 6. The van der Waals surface area contributed by atoms with Crippen molar-refractivity contribution in [1.29, 1.82) is 0 Å². The van der Waals surface area contributed by atoms with Crippen LogP contribution >= 0.6 is 11.3 Å². The number of esters is 1. The van der Waals surface area contributed by atoms with Gasteiger partial charge in [-0.3, -0.25) is 4.79 Å². The van der Waals surface area contributed by atoms with Gasteiger partial charge in [0, 0.05) is 10.4 Å². The van der Waals surface area contributed by atoms with Gasteiger partial charge in [0.25, 0.3) is 5.91 Å². The number of rotatable bonds is 3. The molecule has 24 heavy (non-hydrogen) atoms. The van der Waals surface area contributed by atoms with Gasteiger partial charge in [0.05, 0.1) is 12.7 Å². The van der Waals surface area contributed by atoms with E-state index >= 15 is 0 Å². The molecule has 0 spiro atoms. The number of thiophene rings is 1. The van der Waals surface area contributed by atoms with Gasteiger partial charge in [-0.1, -0.05) is 0 Å². The summed E-state index contributed by atoms with van der Waals surface area (Å²) in [5, 5.41) is 3.40.